The first-order chi connectivity index (χ1) is 7.22. The monoisotopic (exact) mass is 243 g/mol. The molecule has 1 heterocycles. The highest BCUT2D eigenvalue weighted by Gasteiger charge is 2.09. The largest absolute Gasteiger partial charge is 0.308 e. The van der Waals surface area contributed by atoms with Crippen LogP contribution in [0.15, 0.2) is 18.2 Å². The van der Waals surface area contributed by atoms with Gasteiger partial charge in [-0.2, -0.15) is 5.10 Å². The summed E-state index contributed by atoms with van der Waals surface area (Å²) in [6, 6.07) is 5.35. The van der Waals surface area contributed by atoms with Crippen LogP contribution in [0.4, 0.5) is 5.82 Å². The average molecular weight is 244 g/mol. The van der Waals surface area contributed by atoms with Gasteiger partial charge in [0.15, 0.2) is 5.82 Å². The lowest BCUT2D eigenvalue weighted by molar-refractivity contribution is -0.113. The molecule has 0 radical (unpaired) electrons. The number of carbonyl (C=O) groups excluding carboxylic acids is 1. The molecule has 78 valence electrons. The van der Waals surface area contributed by atoms with E-state index in [0.717, 1.165) is 5.39 Å². The Labute approximate surface area is 95.6 Å². The van der Waals surface area contributed by atoms with Gasteiger partial charge in [0.1, 0.15) is 5.88 Å². The SMILES string of the molecule is O=C(CCl)Nc1n[nH]c2c(Cl)cccc12. The Bertz CT molecular complexity index is 509. The van der Waals surface area contributed by atoms with E-state index in [4.69, 9.17) is 23.2 Å². The minimum Gasteiger partial charge on any atom is -0.308 e. The molecule has 0 aliphatic heterocycles. The Morgan fingerprint density at radius 2 is 2.33 bits per heavy atom. The number of amides is 1. The fourth-order valence-corrected chi connectivity index (χ4v) is 1.55. The number of H-pyrrole nitrogens is 1. The maximum Gasteiger partial charge on any atom is 0.240 e. The van der Waals surface area contributed by atoms with Crippen LogP contribution in [-0.4, -0.2) is 22.0 Å². The number of aromatic nitrogens is 2. The predicted molar refractivity (Wildman–Crippen MR) is 60.5 cm³/mol. The summed E-state index contributed by atoms with van der Waals surface area (Å²) in [7, 11) is 0. The molecule has 0 unspecified atom stereocenters. The maximum atomic E-state index is 11.1. The number of fused-ring (bicyclic) bond motifs is 1. The third-order valence-corrected chi connectivity index (χ3v) is 2.49. The molecule has 0 atom stereocenters. The van der Waals surface area contributed by atoms with Crippen LogP contribution in [0.1, 0.15) is 0 Å². The van der Waals surface area contributed by atoms with E-state index in [1.807, 2.05) is 6.07 Å². The molecule has 2 N–H and O–H groups in total. The number of benzene rings is 1. The maximum absolute atomic E-state index is 11.1. The van der Waals surface area contributed by atoms with Gasteiger partial charge in [-0.05, 0) is 12.1 Å². The van der Waals surface area contributed by atoms with E-state index < -0.39 is 0 Å². The lowest BCUT2D eigenvalue weighted by Crippen LogP contribution is -2.12. The van der Waals surface area contributed by atoms with Crippen molar-refractivity contribution in [2.75, 3.05) is 11.2 Å². The fraction of sp³-hybridized carbons (Fsp3) is 0.111. The van der Waals surface area contributed by atoms with E-state index in [-0.39, 0.29) is 11.8 Å². The molecule has 0 aliphatic carbocycles. The standard InChI is InChI=1S/C9H7Cl2N3O/c10-4-7(15)12-9-5-2-1-3-6(11)8(5)13-14-9/h1-3H,4H2,(H2,12,13,14,15). The van der Waals surface area contributed by atoms with Gasteiger partial charge in [0, 0.05) is 5.39 Å². The predicted octanol–water partition coefficient (Wildman–Crippen LogP) is 2.39. The quantitative estimate of drug-likeness (QED) is 0.797. The van der Waals surface area contributed by atoms with Gasteiger partial charge in [0.25, 0.3) is 0 Å². The van der Waals surface area contributed by atoms with Crippen molar-refractivity contribution in [2.24, 2.45) is 0 Å². The Kier molecular flexibility index (Phi) is 2.79. The van der Waals surface area contributed by atoms with Crippen molar-refractivity contribution in [1.29, 1.82) is 0 Å². The lowest BCUT2D eigenvalue weighted by Gasteiger charge is -1.98. The summed E-state index contributed by atoms with van der Waals surface area (Å²) >= 11 is 11.3. The van der Waals surface area contributed by atoms with Crippen LogP contribution >= 0.6 is 23.2 Å². The Morgan fingerprint density at radius 1 is 1.53 bits per heavy atom. The third-order valence-electron chi connectivity index (χ3n) is 1.93. The van der Waals surface area contributed by atoms with E-state index in [1.165, 1.54) is 0 Å². The van der Waals surface area contributed by atoms with E-state index in [2.05, 4.69) is 15.5 Å². The molecule has 2 aromatic rings. The smallest absolute Gasteiger partial charge is 0.240 e. The van der Waals surface area contributed by atoms with Crippen molar-refractivity contribution in [3.05, 3.63) is 23.2 Å². The molecule has 0 saturated heterocycles. The fourth-order valence-electron chi connectivity index (χ4n) is 1.27. The highest BCUT2D eigenvalue weighted by Crippen LogP contribution is 2.26. The number of halogens is 2. The number of anilines is 1. The molecule has 1 aromatic heterocycles. The molecule has 1 aromatic carbocycles. The Hall–Kier alpha value is -1.26. The van der Waals surface area contributed by atoms with Crippen molar-refractivity contribution >= 4 is 45.8 Å². The van der Waals surface area contributed by atoms with Gasteiger partial charge in [0.05, 0.1) is 10.5 Å². The number of hydrogen-bond acceptors (Lipinski definition) is 2. The van der Waals surface area contributed by atoms with Gasteiger partial charge < -0.3 is 5.32 Å². The number of nitrogens with one attached hydrogen (secondary N) is 2. The van der Waals surface area contributed by atoms with Crippen LogP contribution in [0.3, 0.4) is 0 Å². The van der Waals surface area contributed by atoms with Gasteiger partial charge in [-0.3, -0.25) is 9.89 Å². The van der Waals surface area contributed by atoms with Crippen LogP contribution in [0.5, 0.6) is 0 Å². The Balaban J connectivity index is 2.45. The van der Waals surface area contributed by atoms with Gasteiger partial charge in [-0.15, -0.1) is 11.6 Å². The minimum absolute atomic E-state index is 0.102. The van der Waals surface area contributed by atoms with Gasteiger partial charge in [-0.25, -0.2) is 0 Å². The molecular formula is C9H7Cl2N3O. The van der Waals surface area contributed by atoms with Crippen LogP contribution in [0, 0.1) is 0 Å². The summed E-state index contributed by atoms with van der Waals surface area (Å²) in [5.41, 5.74) is 0.698. The summed E-state index contributed by atoms with van der Waals surface area (Å²) in [4.78, 5) is 11.1. The highest BCUT2D eigenvalue weighted by molar-refractivity contribution is 6.35. The number of rotatable bonds is 2. The van der Waals surface area contributed by atoms with Crippen LogP contribution in [0.2, 0.25) is 5.02 Å². The summed E-state index contributed by atoms with van der Waals surface area (Å²) in [6.45, 7) is 0. The highest BCUT2D eigenvalue weighted by atomic mass is 35.5. The molecular weight excluding hydrogens is 237 g/mol. The number of alkyl halides is 1. The first-order valence-corrected chi connectivity index (χ1v) is 5.12. The second-order valence-corrected chi connectivity index (χ2v) is 3.59. The zero-order valence-electron chi connectivity index (χ0n) is 7.55. The van der Waals surface area contributed by atoms with Crippen molar-refractivity contribution in [2.45, 2.75) is 0 Å². The molecule has 0 fully saturated rings. The number of nitrogens with zero attached hydrogens (tertiary/aromatic N) is 1. The minimum atomic E-state index is -0.301. The molecule has 2 rings (SSSR count). The number of carbonyl (C=O) groups is 1. The van der Waals surface area contributed by atoms with Crippen molar-refractivity contribution < 1.29 is 4.79 Å². The summed E-state index contributed by atoms with van der Waals surface area (Å²) in [5, 5.41) is 10.6. The van der Waals surface area contributed by atoms with Crippen LogP contribution in [-0.2, 0) is 4.79 Å². The van der Waals surface area contributed by atoms with Gasteiger partial charge >= 0.3 is 0 Å². The number of hydrogen-bond donors (Lipinski definition) is 2. The van der Waals surface area contributed by atoms with E-state index >= 15 is 0 Å². The summed E-state index contributed by atoms with van der Waals surface area (Å²) in [5.74, 6) is 0.0396. The van der Waals surface area contributed by atoms with Gasteiger partial charge in [-0.1, -0.05) is 17.7 Å². The van der Waals surface area contributed by atoms with Crippen molar-refractivity contribution in [1.82, 2.24) is 10.2 Å². The van der Waals surface area contributed by atoms with Gasteiger partial charge in [0.2, 0.25) is 5.91 Å². The first kappa shape index (κ1) is 10.3. The molecule has 0 spiro atoms. The zero-order chi connectivity index (χ0) is 10.8. The molecule has 15 heavy (non-hydrogen) atoms. The third kappa shape index (κ3) is 1.91. The van der Waals surface area contributed by atoms with E-state index in [1.54, 1.807) is 12.1 Å². The van der Waals surface area contributed by atoms with Crippen molar-refractivity contribution in [3.8, 4) is 0 Å². The molecule has 6 heteroatoms. The average Bonchev–Trinajstić information content (AvgIpc) is 2.63. The normalized spacial score (nSPS) is 10.5. The molecule has 1 amide bonds. The lowest BCUT2D eigenvalue weighted by atomic mass is 10.2. The van der Waals surface area contributed by atoms with E-state index in [0.29, 0.717) is 16.4 Å². The molecule has 0 aliphatic rings. The molecule has 4 nitrogen and oxygen atoms in total. The zero-order valence-corrected chi connectivity index (χ0v) is 9.06. The first-order valence-electron chi connectivity index (χ1n) is 4.21. The molecule has 0 bridgehead atoms. The van der Waals surface area contributed by atoms with Crippen LogP contribution in [0.25, 0.3) is 10.9 Å². The second kappa shape index (κ2) is 4.08. The summed E-state index contributed by atoms with van der Waals surface area (Å²) < 4.78 is 0. The number of para-hydroxylation sites is 1. The van der Waals surface area contributed by atoms with E-state index in [9.17, 15) is 4.79 Å². The van der Waals surface area contributed by atoms with Crippen molar-refractivity contribution in [3.63, 3.8) is 0 Å². The topological polar surface area (TPSA) is 57.8 Å². The number of aromatic amines is 1. The molecule has 0 saturated carbocycles. The van der Waals surface area contributed by atoms with Crippen LogP contribution < -0.4 is 5.32 Å². The second-order valence-electron chi connectivity index (χ2n) is 2.92. The summed E-state index contributed by atoms with van der Waals surface area (Å²) in [6.07, 6.45) is 0. The Morgan fingerprint density at radius 3 is 3.07 bits per heavy atom.